The van der Waals surface area contributed by atoms with Crippen molar-refractivity contribution in [2.45, 2.75) is 19.3 Å². The first-order valence-electron chi connectivity index (χ1n) is 8.64. The lowest BCUT2D eigenvalue weighted by Crippen LogP contribution is -2.12. The molecule has 4 rings (SSSR count). The number of nitrogens with zero attached hydrogens (tertiary/aromatic N) is 2. The number of rotatable bonds is 3. The van der Waals surface area contributed by atoms with Gasteiger partial charge in [-0.2, -0.15) is 5.26 Å². The van der Waals surface area contributed by atoms with Crippen LogP contribution in [-0.4, -0.2) is 10.9 Å². The molecule has 1 aliphatic rings. The molecule has 1 amide bonds. The highest BCUT2D eigenvalue weighted by Crippen LogP contribution is 2.25. The lowest BCUT2D eigenvalue weighted by molar-refractivity contribution is -0.111. The van der Waals surface area contributed by atoms with Gasteiger partial charge < -0.3 is 5.32 Å². The molecule has 4 nitrogen and oxygen atoms in total. The zero-order chi connectivity index (χ0) is 17.9. The quantitative estimate of drug-likeness (QED) is 0.726. The second kappa shape index (κ2) is 6.81. The molecule has 1 aromatic heterocycles. The zero-order valence-corrected chi connectivity index (χ0v) is 14.2. The topological polar surface area (TPSA) is 65.8 Å². The predicted octanol–water partition coefficient (Wildman–Crippen LogP) is 4.25. The third-order valence-corrected chi connectivity index (χ3v) is 4.65. The second-order valence-electron chi connectivity index (χ2n) is 6.35. The minimum Gasteiger partial charge on any atom is -0.306 e. The molecule has 0 aliphatic heterocycles. The maximum Gasteiger partial charge on any atom is 0.249 e. The molecular weight excluding hydrogens is 322 g/mol. The first-order chi connectivity index (χ1) is 12.7. The number of hydrogen-bond acceptors (Lipinski definition) is 3. The van der Waals surface area contributed by atoms with Gasteiger partial charge in [0.1, 0.15) is 6.07 Å². The molecule has 26 heavy (non-hydrogen) atoms. The van der Waals surface area contributed by atoms with Crippen LogP contribution in [0.5, 0.6) is 0 Å². The number of pyridine rings is 1. The van der Waals surface area contributed by atoms with Crippen LogP contribution in [0.3, 0.4) is 0 Å². The summed E-state index contributed by atoms with van der Waals surface area (Å²) in [5.41, 5.74) is 3.49. The van der Waals surface area contributed by atoms with Crippen molar-refractivity contribution in [3.8, 4) is 6.07 Å². The Morgan fingerprint density at radius 2 is 2.00 bits per heavy atom. The fourth-order valence-corrected chi connectivity index (χ4v) is 3.37. The van der Waals surface area contributed by atoms with Crippen molar-refractivity contribution in [3.05, 3.63) is 77.0 Å². The number of aryl methyl sites for hydroxylation is 2. The standard InChI is InChI=1S/C22H17N3O/c23-14-18-13-17-8-4-10-20(17)24-22(18)25-21(26)12-11-16-7-3-6-15-5-1-2-9-19(15)16/h1-3,5-7,9,11-13H,4,8,10H2,(H,24,25,26)/b12-11+. The van der Waals surface area contributed by atoms with Gasteiger partial charge in [0.15, 0.2) is 5.82 Å². The number of amides is 1. The molecule has 1 aliphatic carbocycles. The van der Waals surface area contributed by atoms with Gasteiger partial charge in [-0.15, -0.1) is 0 Å². The molecule has 1 N–H and O–H groups in total. The normalized spacial score (nSPS) is 12.9. The average Bonchev–Trinajstić information content (AvgIpc) is 3.13. The largest absolute Gasteiger partial charge is 0.306 e. The summed E-state index contributed by atoms with van der Waals surface area (Å²) < 4.78 is 0. The average molecular weight is 339 g/mol. The van der Waals surface area contributed by atoms with Crippen LogP contribution in [0.2, 0.25) is 0 Å². The Hall–Kier alpha value is -3.45. The third kappa shape index (κ3) is 3.07. The van der Waals surface area contributed by atoms with E-state index in [0.29, 0.717) is 11.4 Å². The number of fused-ring (bicyclic) bond motifs is 2. The van der Waals surface area contributed by atoms with Crippen LogP contribution in [0.4, 0.5) is 5.82 Å². The Morgan fingerprint density at radius 3 is 2.88 bits per heavy atom. The Balaban J connectivity index is 1.58. The number of benzene rings is 2. The smallest absolute Gasteiger partial charge is 0.249 e. The van der Waals surface area contributed by atoms with E-state index in [9.17, 15) is 10.1 Å². The van der Waals surface area contributed by atoms with Crippen LogP contribution < -0.4 is 5.32 Å². The van der Waals surface area contributed by atoms with Crippen molar-refractivity contribution < 1.29 is 4.79 Å². The van der Waals surface area contributed by atoms with Gasteiger partial charge in [-0.05, 0) is 53.3 Å². The van der Waals surface area contributed by atoms with Crippen molar-refractivity contribution in [1.82, 2.24) is 4.98 Å². The minimum absolute atomic E-state index is 0.292. The molecule has 0 spiro atoms. The molecule has 0 unspecified atom stereocenters. The summed E-state index contributed by atoms with van der Waals surface area (Å²) in [4.78, 5) is 16.8. The number of nitriles is 1. The van der Waals surface area contributed by atoms with Gasteiger partial charge in [-0.1, -0.05) is 42.5 Å². The SMILES string of the molecule is N#Cc1cc2c(nc1NC(=O)/C=C/c1cccc3ccccc13)CCC2. The van der Waals surface area contributed by atoms with Gasteiger partial charge in [0.2, 0.25) is 5.91 Å². The van der Waals surface area contributed by atoms with E-state index < -0.39 is 0 Å². The van der Waals surface area contributed by atoms with E-state index in [4.69, 9.17) is 0 Å². The molecule has 1 heterocycles. The highest BCUT2D eigenvalue weighted by atomic mass is 16.1. The lowest BCUT2D eigenvalue weighted by atomic mass is 10.0. The minimum atomic E-state index is -0.292. The Kier molecular flexibility index (Phi) is 4.20. The molecule has 0 saturated heterocycles. The van der Waals surface area contributed by atoms with Crippen molar-refractivity contribution in [1.29, 1.82) is 5.26 Å². The summed E-state index contributed by atoms with van der Waals surface area (Å²) in [5.74, 6) is 0.0561. The summed E-state index contributed by atoms with van der Waals surface area (Å²) in [6.07, 6.45) is 6.17. The van der Waals surface area contributed by atoms with Gasteiger partial charge in [0.05, 0.1) is 5.56 Å². The van der Waals surface area contributed by atoms with Crippen LogP contribution >= 0.6 is 0 Å². The fourth-order valence-electron chi connectivity index (χ4n) is 3.37. The molecule has 0 saturated carbocycles. The summed E-state index contributed by atoms with van der Waals surface area (Å²) in [6.45, 7) is 0. The van der Waals surface area contributed by atoms with Crippen LogP contribution in [-0.2, 0) is 17.6 Å². The Labute approximate surface area is 151 Å². The molecule has 2 aromatic carbocycles. The molecule has 0 radical (unpaired) electrons. The Morgan fingerprint density at radius 1 is 1.15 bits per heavy atom. The predicted molar refractivity (Wildman–Crippen MR) is 103 cm³/mol. The highest BCUT2D eigenvalue weighted by Gasteiger charge is 2.17. The Bertz CT molecular complexity index is 1070. The molecule has 0 fully saturated rings. The van der Waals surface area contributed by atoms with Crippen LogP contribution in [0.25, 0.3) is 16.8 Å². The van der Waals surface area contributed by atoms with Gasteiger partial charge in [-0.3, -0.25) is 4.79 Å². The molecule has 3 aromatic rings. The summed E-state index contributed by atoms with van der Waals surface area (Å²) in [5, 5.41) is 14.3. The number of nitrogens with one attached hydrogen (secondary N) is 1. The van der Waals surface area contributed by atoms with Gasteiger partial charge >= 0.3 is 0 Å². The first kappa shape index (κ1) is 16.0. The maximum absolute atomic E-state index is 12.3. The summed E-state index contributed by atoms with van der Waals surface area (Å²) in [7, 11) is 0. The maximum atomic E-state index is 12.3. The van der Waals surface area contributed by atoms with Gasteiger partial charge in [-0.25, -0.2) is 4.98 Å². The zero-order valence-electron chi connectivity index (χ0n) is 14.2. The van der Waals surface area contributed by atoms with E-state index in [2.05, 4.69) is 16.4 Å². The molecule has 126 valence electrons. The van der Waals surface area contributed by atoms with Crippen LogP contribution in [0, 0.1) is 11.3 Å². The van der Waals surface area contributed by atoms with Gasteiger partial charge in [0.25, 0.3) is 0 Å². The van der Waals surface area contributed by atoms with E-state index in [-0.39, 0.29) is 5.91 Å². The van der Waals surface area contributed by atoms with E-state index in [1.807, 2.05) is 48.5 Å². The highest BCUT2D eigenvalue weighted by molar-refractivity contribution is 6.03. The first-order valence-corrected chi connectivity index (χ1v) is 8.64. The number of carbonyl (C=O) groups is 1. The fraction of sp³-hybridized carbons (Fsp3) is 0.136. The van der Waals surface area contributed by atoms with Crippen molar-refractivity contribution in [2.24, 2.45) is 0 Å². The van der Waals surface area contributed by atoms with Gasteiger partial charge in [0, 0.05) is 11.8 Å². The molecular formula is C22H17N3O. The summed E-state index contributed by atoms with van der Waals surface area (Å²) in [6, 6.07) is 18.0. The van der Waals surface area contributed by atoms with E-state index >= 15 is 0 Å². The molecule has 4 heteroatoms. The molecule has 0 atom stereocenters. The number of hydrogen-bond donors (Lipinski definition) is 1. The van der Waals surface area contributed by atoms with E-state index in [1.54, 1.807) is 6.08 Å². The van der Waals surface area contributed by atoms with Crippen molar-refractivity contribution >= 4 is 28.6 Å². The third-order valence-electron chi connectivity index (χ3n) is 4.65. The van der Waals surface area contributed by atoms with Crippen LogP contribution in [0.15, 0.2) is 54.6 Å². The lowest BCUT2D eigenvalue weighted by Gasteiger charge is -2.07. The van der Waals surface area contributed by atoms with Crippen molar-refractivity contribution in [2.75, 3.05) is 5.32 Å². The second-order valence-corrected chi connectivity index (χ2v) is 6.35. The summed E-state index contributed by atoms with van der Waals surface area (Å²) >= 11 is 0. The molecule has 0 bridgehead atoms. The number of carbonyl (C=O) groups excluding carboxylic acids is 1. The number of anilines is 1. The van der Waals surface area contributed by atoms with E-state index in [1.165, 1.54) is 6.08 Å². The van der Waals surface area contributed by atoms with Crippen molar-refractivity contribution in [3.63, 3.8) is 0 Å². The monoisotopic (exact) mass is 339 g/mol. The number of aromatic nitrogens is 1. The van der Waals surface area contributed by atoms with Crippen LogP contribution in [0.1, 0.15) is 28.8 Å². The van der Waals surface area contributed by atoms with E-state index in [0.717, 1.165) is 46.9 Å².